The van der Waals surface area contributed by atoms with Crippen molar-refractivity contribution in [1.82, 2.24) is 14.5 Å². The number of hydrogen-bond acceptors (Lipinski definition) is 7. The molecule has 186 valence electrons. The van der Waals surface area contributed by atoms with Gasteiger partial charge < -0.3 is 25.1 Å². The minimum absolute atomic E-state index is 0.497. The molecule has 2 heterocycles. The number of rotatable bonds is 7. The number of fused-ring (bicyclic) bond motifs is 2. The monoisotopic (exact) mass is 492 g/mol. The van der Waals surface area contributed by atoms with Crippen molar-refractivity contribution in [1.29, 1.82) is 5.26 Å². The number of benzene rings is 3. The number of nitrogen functional groups attached to an aromatic ring is 1. The first-order valence-electron chi connectivity index (χ1n) is 12.2. The first-order valence-corrected chi connectivity index (χ1v) is 12.2. The fraction of sp³-hybridized carbons (Fsp3) is 0.207. The first-order chi connectivity index (χ1) is 17.9. The molecule has 0 bridgehead atoms. The van der Waals surface area contributed by atoms with Gasteiger partial charge in [-0.25, -0.2) is 4.98 Å². The normalized spacial score (nSPS) is 11.0. The smallest absolute Gasteiger partial charge is 0.144 e. The van der Waals surface area contributed by atoms with E-state index in [2.05, 4.69) is 16.4 Å². The van der Waals surface area contributed by atoms with Crippen LogP contribution in [0.3, 0.4) is 0 Å². The van der Waals surface area contributed by atoms with Gasteiger partial charge in [0, 0.05) is 30.3 Å². The van der Waals surface area contributed by atoms with Crippen LogP contribution in [-0.4, -0.2) is 21.1 Å². The molecule has 0 saturated carbocycles. The van der Waals surface area contributed by atoms with Gasteiger partial charge in [0.15, 0.2) is 0 Å². The number of nitriles is 1. The van der Waals surface area contributed by atoms with Gasteiger partial charge >= 0.3 is 0 Å². The summed E-state index contributed by atoms with van der Waals surface area (Å²) in [5.74, 6) is 2.04. The lowest BCUT2D eigenvalue weighted by molar-refractivity contribution is 0.342. The third-order valence-corrected chi connectivity index (χ3v) is 6.31. The highest BCUT2D eigenvalue weighted by atomic mass is 16.5. The van der Waals surface area contributed by atoms with Crippen molar-refractivity contribution < 1.29 is 9.47 Å². The van der Waals surface area contributed by atoms with E-state index in [1.54, 1.807) is 6.33 Å². The van der Waals surface area contributed by atoms with E-state index < -0.39 is 0 Å². The van der Waals surface area contributed by atoms with Crippen LogP contribution < -0.4 is 20.5 Å². The second-order valence-corrected chi connectivity index (χ2v) is 8.83. The molecule has 0 unspecified atom stereocenters. The number of imidazole rings is 1. The zero-order valence-electron chi connectivity index (χ0n) is 21.3. The molecule has 0 atom stereocenters. The Morgan fingerprint density at radius 2 is 1.89 bits per heavy atom. The summed E-state index contributed by atoms with van der Waals surface area (Å²) in [6.45, 7) is 6.38. The molecule has 0 saturated heterocycles. The quantitative estimate of drug-likeness (QED) is 0.254. The van der Waals surface area contributed by atoms with Crippen LogP contribution in [-0.2, 0) is 13.5 Å². The molecule has 0 radical (unpaired) electrons. The summed E-state index contributed by atoms with van der Waals surface area (Å²) >= 11 is 0. The highest BCUT2D eigenvalue weighted by Gasteiger charge is 2.17. The van der Waals surface area contributed by atoms with Gasteiger partial charge in [-0.2, -0.15) is 5.26 Å². The van der Waals surface area contributed by atoms with Gasteiger partial charge in [-0.05, 0) is 62.2 Å². The molecule has 5 rings (SSSR count). The average Bonchev–Trinajstić information content (AvgIpc) is 3.26. The largest absolute Gasteiger partial charge is 0.492 e. The Balaban J connectivity index is 1.50. The minimum Gasteiger partial charge on any atom is -0.492 e. The van der Waals surface area contributed by atoms with Crippen molar-refractivity contribution in [3.8, 4) is 23.3 Å². The Bertz CT molecular complexity index is 1680. The lowest BCUT2D eigenvalue weighted by atomic mass is 10.0. The van der Waals surface area contributed by atoms with Crippen LogP contribution in [0.2, 0.25) is 0 Å². The predicted octanol–water partition coefficient (Wildman–Crippen LogP) is 6.38. The van der Waals surface area contributed by atoms with E-state index in [9.17, 15) is 5.26 Å². The summed E-state index contributed by atoms with van der Waals surface area (Å²) < 4.78 is 13.8. The Hall–Kier alpha value is -4.77. The molecule has 0 aliphatic carbocycles. The minimum atomic E-state index is 0.497. The number of nitrogens with two attached hydrogens (primary N) is 1. The number of hydrogen-bond donors (Lipinski definition) is 2. The van der Waals surface area contributed by atoms with E-state index in [1.807, 2.05) is 80.9 Å². The zero-order chi connectivity index (χ0) is 26.1. The molecule has 0 spiro atoms. The van der Waals surface area contributed by atoms with Crippen LogP contribution >= 0.6 is 0 Å². The van der Waals surface area contributed by atoms with Crippen molar-refractivity contribution in [3.05, 3.63) is 71.7 Å². The van der Waals surface area contributed by atoms with Crippen LogP contribution in [0.15, 0.2) is 54.9 Å². The van der Waals surface area contributed by atoms with Crippen LogP contribution in [0.25, 0.3) is 21.9 Å². The highest BCUT2D eigenvalue weighted by Crippen LogP contribution is 2.37. The number of pyridine rings is 1. The van der Waals surface area contributed by atoms with Gasteiger partial charge in [-0.15, -0.1) is 0 Å². The SMILES string of the molecule is CCOc1cc2nc(CC)c(C#N)c(Nc3ccc(Oc4ccc5c(c4)ncn5C)c(C)c3)c2cc1N. The average molecular weight is 493 g/mol. The van der Waals surface area contributed by atoms with Crippen LogP contribution in [0, 0.1) is 18.3 Å². The fourth-order valence-electron chi connectivity index (χ4n) is 4.44. The molecule has 8 heteroatoms. The summed E-state index contributed by atoms with van der Waals surface area (Å²) in [7, 11) is 1.96. The summed E-state index contributed by atoms with van der Waals surface area (Å²) in [4.78, 5) is 9.13. The third-order valence-electron chi connectivity index (χ3n) is 6.31. The first kappa shape index (κ1) is 23.9. The van der Waals surface area contributed by atoms with Crippen LogP contribution in [0.1, 0.15) is 30.7 Å². The molecule has 37 heavy (non-hydrogen) atoms. The van der Waals surface area contributed by atoms with E-state index in [-0.39, 0.29) is 0 Å². The molecule has 5 aromatic rings. The third kappa shape index (κ3) is 4.47. The lowest BCUT2D eigenvalue weighted by Crippen LogP contribution is -2.04. The predicted molar refractivity (Wildman–Crippen MR) is 147 cm³/mol. The van der Waals surface area contributed by atoms with Crippen LogP contribution in [0.4, 0.5) is 17.1 Å². The maximum absolute atomic E-state index is 10.0. The Morgan fingerprint density at radius 3 is 2.62 bits per heavy atom. The Morgan fingerprint density at radius 1 is 1.05 bits per heavy atom. The molecule has 3 aromatic carbocycles. The standard InChI is InChI=1S/C29H28N6O2/c1-5-23-21(15-30)29(20-13-22(31)28(36-6-2)14-24(20)34-23)33-18-7-10-27(17(3)11-18)37-19-8-9-26-25(12-19)32-16-35(26)4/h7-14,16H,5-6,31H2,1-4H3,(H,33,34). The molecule has 2 aromatic heterocycles. The maximum Gasteiger partial charge on any atom is 0.144 e. The topological polar surface area (TPSA) is 111 Å². The molecule has 0 amide bonds. The van der Waals surface area contributed by atoms with Gasteiger partial charge in [0.05, 0.1) is 52.1 Å². The molecular formula is C29H28N6O2. The summed E-state index contributed by atoms with van der Waals surface area (Å²) in [5, 5.41) is 14.2. The number of nitrogens with zero attached hydrogens (tertiary/aromatic N) is 4. The summed E-state index contributed by atoms with van der Waals surface area (Å²) in [6.07, 6.45) is 2.40. The van der Waals surface area contributed by atoms with Crippen molar-refractivity contribution in [2.24, 2.45) is 7.05 Å². The molecule has 0 aliphatic heterocycles. The van der Waals surface area contributed by atoms with Crippen molar-refractivity contribution in [3.63, 3.8) is 0 Å². The van der Waals surface area contributed by atoms with E-state index in [1.165, 1.54) is 0 Å². The van der Waals surface area contributed by atoms with Gasteiger partial charge in [-0.3, -0.25) is 4.98 Å². The van der Waals surface area contributed by atoms with Crippen molar-refractivity contribution in [2.45, 2.75) is 27.2 Å². The second kappa shape index (κ2) is 9.70. The van der Waals surface area contributed by atoms with E-state index >= 15 is 0 Å². The zero-order valence-corrected chi connectivity index (χ0v) is 21.3. The van der Waals surface area contributed by atoms with Gasteiger partial charge in [0.25, 0.3) is 0 Å². The summed E-state index contributed by atoms with van der Waals surface area (Å²) in [6, 6.07) is 17.7. The molecule has 0 fully saturated rings. The van der Waals surface area contributed by atoms with E-state index in [4.69, 9.17) is 20.2 Å². The van der Waals surface area contributed by atoms with Gasteiger partial charge in [0.2, 0.25) is 0 Å². The maximum atomic E-state index is 10.0. The van der Waals surface area contributed by atoms with Crippen molar-refractivity contribution >= 4 is 39.0 Å². The van der Waals surface area contributed by atoms with E-state index in [0.717, 1.165) is 44.7 Å². The fourth-order valence-corrected chi connectivity index (χ4v) is 4.44. The Labute approximate surface area is 215 Å². The number of ether oxygens (including phenoxy) is 2. The van der Waals surface area contributed by atoms with Gasteiger partial charge in [0.1, 0.15) is 23.3 Å². The van der Waals surface area contributed by atoms with E-state index in [0.29, 0.717) is 41.4 Å². The molecule has 3 N–H and O–H groups in total. The number of aromatic nitrogens is 3. The number of anilines is 3. The van der Waals surface area contributed by atoms with Gasteiger partial charge in [-0.1, -0.05) is 6.92 Å². The van der Waals surface area contributed by atoms with Crippen molar-refractivity contribution in [2.75, 3.05) is 17.7 Å². The number of aryl methyl sites for hydroxylation is 3. The number of nitrogens with one attached hydrogen (secondary N) is 1. The Kier molecular flexibility index (Phi) is 6.28. The highest BCUT2D eigenvalue weighted by molar-refractivity contribution is 5.99. The molecular weight excluding hydrogens is 464 g/mol. The second-order valence-electron chi connectivity index (χ2n) is 8.83. The lowest BCUT2D eigenvalue weighted by Gasteiger charge is -2.17. The summed E-state index contributed by atoms with van der Waals surface area (Å²) in [5.41, 5.74) is 13.1. The molecule has 8 nitrogen and oxygen atoms in total. The molecule has 0 aliphatic rings. The van der Waals surface area contributed by atoms with Crippen LogP contribution in [0.5, 0.6) is 17.2 Å².